The lowest BCUT2D eigenvalue weighted by Crippen LogP contribution is -2.58. The zero-order valence-electron chi connectivity index (χ0n) is 36.1. The molecule has 1 N–H and O–H groups in total. The second-order valence-electron chi connectivity index (χ2n) is 17.5. The van der Waals surface area contributed by atoms with Crippen LogP contribution in [0.4, 0.5) is 4.79 Å². The number of ether oxygens (including phenoxy) is 4. The molecule has 0 spiro atoms. The number of hydrogen-bond donors (Lipinski definition) is 1. The molecule has 0 aliphatic carbocycles. The third-order valence-corrected chi connectivity index (χ3v) is 13.7. The van der Waals surface area contributed by atoms with Crippen molar-refractivity contribution < 1.29 is 38.4 Å². The Labute approximate surface area is 353 Å². The number of fused-ring (bicyclic) bond motifs is 1. The van der Waals surface area contributed by atoms with E-state index in [2.05, 4.69) is 49.4 Å². The van der Waals surface area contributed by atoms with Gasteiger partial charge < -0.3 is 29.0 Å². The lowest BCUT2D eigenvalue weighted by atomic mass is 9.66. The summed E-state index contributed by atoms with van der Waals surface area (Å²) in [6, 6.07) is 8.78. The predicted octanol–water partition coefficient (Wildman–Crippen LogP) is 5.98. The van der Waals surface area contributed by atoms with Crippen molar-refractivity contribution in [2.24, 2.45) is 34.1 Å². The molecule has 2 aromatic rings. The fourth-order valence-corrected chi connectivity index (χ4v) is 10.6. The van der Waals surface area contributed by atoms with Crippen molar-refractivity contribution in [2.75, 3.05) is 27.2 Å². The molecule has 6 rings (SSSR count). The molecule has 2 aromatic heterocycles. The molecule has 1 unspecified atom stereocenters. The van der Waals surface area contributed by atoms with Gasteiger partial charge in [-0.3, -0.25) is 19.5 Å². The van der Waals surface area contributed by atoms with Gasteiger partial charge in [0.2, 0.25) is 0 Å². The monoisotopic (exact) mass is 828 g/mol. The highest BCUT2D eigenvalue weighted by Gasteiger charge is 2.60. The van der Waals surface area contributed by atoms with Crippen molar-refractivity contribution >= 4 is 34.9 Å². The largest absolute Gasteiger partial charge is 0.458 e. The summed E-state index contributed by atoms with van der Waals surface area (Å²) in [7, 11) is 3.83. The normalized spacial score (nSPS) is 36.5. The molecule has 0 aromatic carbocycles. The number of carbonyl (C=O) groups is 3. The van der Waals surface area contributed by atoms with Crippen LogP contribution < -0.4 is 0 Å². The summed E-state index contributed by atoms with van der Waals surface area (Å²) in [5.74, 6) is 9.59. The molecule has 4 aliphatic rings. The molecule has 318 valence electrons. The number of Topliss-reactive ketones (excluding diaryl/α,β-unsaturated/α-hetero) is 1. The number of aliphatic hydroxyl groups is 1. The van der Waals surface area contributed by atoms with E-state index in [1.54, 1.807) is 24.9 Å². The Balaban J connectivity index is 1.43. The third-order valence-electron chi connectivity index (χ3n) is 12.8. The molecule has 12 nitrogen and oxygen atoms in total. The number of carbonyl (C=O) groups excluding carboxylic acids is 3. The number of rotatable bonds is 5. The maximum atomic E-state index is 14.7. The maximum Gasteiger partial charge on any atom is 0.410 e. The number of aromatic nitrogens is 1. The molecular formula is C46H60N4O8S. The number of ketones is 1. The smallest absolute Gasteiger partial charge is 0.410 e. The molecule has 3 fully saturated rings. The van der Waals surface area contributed by atoms with Gasteiger partial charge in [0.1, 0.15) is 23.8 Å². The van der Waals surface area contributed by atoms with Crippen LogP contribution in [-0.4, -0.2) is 119 Å². The Bertz CT molecular complexity index is 2020. The summed E-state index contributed by atoms with van der Waals surface area (Å²) in [6.45, 7) is 16.0. The van der Waals surface area contributed by atoms with E-state index in [1.807, 2.05) is 70.1 Å². The predicted molar refractivity (Wildman–Crippen MR) is 226 cm³/mol. The average Bonchev–Trinajstić information content (AvgIpc) is 3.70. The van der Waals surface area contributed by atoms with Gasteiger partial charge in [-0.15, -0.1) is 11.3 Å². The van der Waals surface area contributed by atoms with E-state index in [0.717, 1.165) is 15.5 Å². The third kappa shape index (κ3) is 9.30. The highest BCUT2D eigenvalue weighted by atomic mass is 32.1. The van der Waals surface area contributed by atoms with Crippen LogP contribution in [0.15, 0.2) is 41.5 Å². The van der Waals surface area contributed by atoms with Gasteiger partial charge in [0.25, 0.3) is 0 Å². The highest BCUT2D eigenvalue weighted by molar-refractivity contribution is 7.13. The quantitative estimate of drug-likeness (QED) is 0.218. The van der Waals surface area contributed by atoms with Gasteiger partial charge in [0.05, 0.1) is 34.5 Å². The second-order valence-corrected chi connectivity index (χ2v) is 18.6. The molecule has 2 bridgehead atoms. The van der Waals surface area contributed by atoms with Gasteiger partial charge >= 0.3 is 12.1 Å². The lowest BCUT2D eigenvalue weighted by molar-refractivity contribution is -0.286. The minimum Gasteiger partial charge on any atom is -0.458 e. The van der Waals surface area contributed by atoms with E-state index in [4.69, 9.17) is 23.9 Å². The van der Waals surface area contributed by atoms with Gasteiger partial charge in [-0.05, 0) is 96.2 Å². The van der Waals surface area contributed by atoms with Crippen molar-refractivity contribution in [3.8, 4) is 23.7 Å². The fourth-order valence-electron chi connectivity index (χ4n) is 9.83. The molecule has 0 radical (unpaired) electrons. The molecule has 4 aliphatic heterocycles. The molecule has 13 atom stereocenters. The van der Waals surface area contributed by atoms with Crippen LogP contribution >= 0.6 is 11.3 Å². The van der Waals surface area contributed by atoms with Crippen LogP contribution in [0.2, 0.25) is 0 Å². The van der Waals surface area contributed by atoms with Gasteiger partial charge in [-0.25, -0.2) is 9.78 Å². The Morgan fingerprint density at radius 3 is 2.42 bits per heavy atom. The molecule has 59 heavy (non-hydrogen) atoms. The Morgan fingerprint density at radius 2 is 1.75 bits per heavy atom. The highest BCUT2D eigenvalue weighted by Crippen LogP contribution is 2.46. The number of likely N-dealkylation sites (N-methyl/N-ethyl adjacent to an activating group) is 1. The molecule has 3 saturated heterocycles. The van der Waals surface area contributed by atoms with Crippen molar-refractivity contribution in [3.05, 3.63) is 52.0 Å². The van der Waals surface area contributed by atoms with E-state index in [-0.39, 0.29) is 29.8 Å². The standard InChI is InChI=1S/C46H60N4O8S/c1-11-36-46(8)40-29(4)37(48-23-24-50(40)44(54)58-46)27(2)26-45(7,21-14-16-33-19-20-34(59-33)18-17-32-15-12-13-22-47-32)41(30(5)38(51)31(6)42(53)56-36)57-43-39(52)35(49(9)10)25-28(3)55-43/h12-13,15,19-20,22,27-31,35-36,39-41,43,52H,11,21,23-26H2,1-10H3/t27-,28-,29-,30+,31-,35+,36+,39-,40-,41-,43?,45+,46-/m1/s1. The summed E-state index contributed by atoms with van der Waals surface area (Å²) >= 11 is 1.49. The van der Waals surface area contributed by atoms with E-state index in [1.165, 1.54) is 11.3 Å². The van der Waals surface area contributed by atoms with Gasteiger partial charge in [-0.2, -0.15) is 0 Å². The number of cyclic esters (lactones) is 1. The first-order valence-corrected chi connectivity index (χ1v) is 21.7. The van der Waals surface area contributed by atoms with Crippen LogP contribution in [-0.2, 0) is 28.5 Å². The number of thiophene rings is 1. The fraction of sp³-hybridized carbons (Fsp3) is 0.630. The van der Waals surface area contributed by atoms with Crippen molar-refractivity contribution in [1.82, 2.24) is 14.8 Å². The number of aliphatic hydroxyl groups excluding tert-OH is 1. The minimum atomic E-state index is -1.18. The molecule has 6 heterocycles. The number of aliphatic imine (C=N–C) groups is 1. The van der Waals surface area contributed by atoms with Crippen LogP contribution in [0.5, 0.6) is 0 Å². The van der Waals surface area contributed by atoms with Crippen LogP contribution in [0, 0.1) is 52.8 Å². The Kier molecular flexibility index (Phi) is 13.7. The number of nitrogens with zero attached hydrogens (tertiary/aromatic N) is 4. The van der Waals surface area contributed by atoms with E-state index in [0.29, 0.717) is 44.5 Å². The first-order chi connectivity index (χ1) is 28.0. The molecular weight excluding hydrogens is 769 g/mol. The lowest BCUT2D eigenvalue weighted by Gasteiger charge is -2.47. The first-order valence-electron chi connectivity index (χ1n) is 20.9. The van der Waals surface area contributed by atoms with Crippen LogP contribution in [0.3, 0.4) is 0 Å². The number of esters is 1. The molecule has 0 saturated carbocycles. The summed E-state index contributed by atoms with van der Waals surface area (Å²) in [5, 5.41) is 11.7. The Hall–Kier alpha value is -4.11. The van der Waals surface area contributed by atoms with Gasteiger partial charge in [0.15, 0.2) is 17.7 Å². The van der Waals surface area contributed by atoms with E-state index >= 15 is 0 Å². The SMILES string of the molecule is CC[C@@H]1OC(=O)[C@H](C)C(=O)[C@H](C)[C@@H](OC2O[C@H](C)C[C@H](N(C)C)[C@H]2O)[C@@](C)(CC#Cc2ccc(C#Cc3ccccn3)s2)C[C@@H](C)C2=NCCN3C(=O)O[C@@]1(C)[C@H]3[C@@H]2C. The summed E-state index contributed by atoms with van der Waals surface area (Å²) < 4.78 is 25.6. The minimum absolute atomic E-state index is 0.158. The first kappa shape index (κ1) is 44.4. The van der Waals surface area contributed by atoms with Crippen LogP contribution in [0.1, 0.15) is 96.5 Å². The average molecular weight is 829 g/mol. The zero-order chi connectivity index (χ0) is 42.8. The van der Waals surface area contributed by atoms with Gasteiger partial charge in [0, 0.05) is 48.2 Å². The number of pyridine rings is 1. The summed E-state index contributed by atoms with van der Waals surface area (Å²) in [5.41, 5.74) is -0.436. The van der Waals surface area contributed by atoms with Crippen molar-refractivity contribution in [1.29, 1.82) is 0 Å². The second kappa shape index (κ2) is 18.2. The molecule has 13 heteroatoms. The van der Waals surface area contributed by atoms with Crippen molar-refractivity contribution in [3.63, 3.8) is 0 Å². The summed E-state index contributed by atoms with van der Waals surface area (Å²) in [6.07, 6.45) is -0.944. The topological polar surface area (TPSA) is 140 Å². The number of amides is 1. The molecule has 1 amide bonds. The van der Waals surface area contributed by atoms with E-state index < -0.39 is 65.6 Å². The van der Waals surface area contributed by atoms with Crippen LogP contribution in [0.25, 0.3) is 0 Å². The van der Waals surface area contributed by atoms with E-state index in [9.17, 15) is 19.5 Å². The zero-order valence-corrected chi connectivity index (χ0v) is 36.9. The maximum absolute atomic E-state index is 14.7. The van der Waals surface area contributed by atoms with Gasteiger partial charge in [-0.1, -0.05) is 52.5 Å². The Morgan fingerprint density at radius 1 is 1.02 bits per heavy atom. The number of hydrogen-bond acceptors (Lipinski definition) is 12. The summed E-state index contributed by atoms with van der Waals surface area (Å²) in [4.78, 5) is 57.0. The van der Waals surface area contributed by atoms with Crippen molar-refractivity contribution in [2.45, 2.75) is 129 Å².